The van der Waals surface area contributed by atoms with Gasteiger partial charge in [-0.15, -0.1) is 24.0 Å². The van der Waals surface area contributed by atoms with Gasteiger partial charge in [0.2, 0.25) is 0 Å². The molecule has 0 bridgehead atoms. The average molecular weight is 551 g/mol. The second-order valence-corrected chi connectivity index (χ2v) is 8.68. The fourth-order valence-electron chi connectivity index (χ4n) is 2.60. The monoisotopic (exact) mass is 551 g/mol. The lowest BCUT2D eigenvalue weighted by atomic mass is 10.2. The van der Waals surface area contributed by atoms with Crippen molar-refractivity contribution in [3.05, 3.63) is 29.8 Å². The standard InChI is InChI=1S/C17H24F3N3O4S.HI/c1-2-21-16(23-13-7-8-28(25,26)11-13)22-9-14(24)10-27-15-5-3-12(4-6-15)17(18,19)20;/h3-6,13-14,24H,2,7-11H2,1H3,(H2,21,22,23);1H. The zero-order chi connectivity index (χ0) is 20.8. The molecule has 0 saturated carbocycles. The molecule has 2 atom stereocenters. The molecule has 166 valence electrons. The maximum atomic E-state index is 12.5. The Morgan fingerprint density at radius 2 is 2.00 bits per heavy atom. The van der Waals surface area contributed by atoms with Crippen LogP contribution in [0.2, 0.25) is 0 Å². The van der Waals surface area contributed by atoms with Gasteiger partial charge >= 0.3 is 6.18 Å². The summed E-state index contributed by atoms with van der Waals surface area (Å²) in [4.78, 5) is 4.20. The van der Waals surface area contributed by atoms with Crippen LogP contribution in [0.1, 0.15) is 18.9 Å². The minimum atomic E-state index is -4.42. The first-order valence-electron chi connectivity index (χ1n) is 8.82. The van der Waals surface area contributed by atoms with E-state index in [1.807, 2.05) is 6.92 Å². The van der Waals surface area contributed by atoms with E-state index in [2.05, 4.69) is 15.6 Å². The number of benzene rings is 1. The lowest BCUT2D eigenvalue weighted by Crippen LogP contribution is -2.44. The van der Waals surface area contributed by atoms with E-state index in [4.69, 9.17) is 4.74 Å². The average Bonchev–Trinajstić information content (AvgIpc) is 2.96. The Bertz CT molecular complexity index is 773. The summed E-state index contributed by atoms with van der Waals surface area (Å²) in [5, 5.41) is 16.0. The molecule has 29 heavy (non-hydrogen) atoms. The van der Waals surface area contributed by atoms with E-state index in [1.54, 1.807) is 0 Å². The fraction of sp³-hybridized carbons (Fsp3) is 0.588. The van der Waals surface area contributed by atoms with Crippen molar-refractivity contribution in [2.45, 2.75) is 31.7 Å². The predicted molar refractivity (Wildman–Crippen MR) is 115 cm³/mol. The molecule has 1 aromatic carbocycles. The van der Waals surface area contributed by atoms with Crippen LogP contribution >= 0.6 is 24.0 Å². The quantitative estimate of drug-likeness (QED) is 0.272. The molecule has 12 heteroatoms. The number of nitrogens with one attached hydrogen (secondary N) is 2. The van der Waals surface area contributed by atoms with Crippen LogP contribution in [0.3, 0.4) is 0 Å². The Kier molecular flexibility index (Phi) is 9.95. The summed E-state index contributed by atoms with van der Waals surface area (Å²) in [5.74, 6) is 0.764. The van der Waals surface area contributed by atoms with Crippen LogP contribution in [0.4, 0.5) is 13.2 Å². The van der Waals surface area contributed by atoms with E-state index in [0.717, 1.165) is 12.1 Å². The fourth-order valence-corrected chi connectivity index (χ4v) is 4.28. The van der Waals surface area contributed by atoms with Gasteiger partial charge in [0.25, 0.3) is 0 Å². The number of rotatable bonds is 7. The highest BCUT2D eigenvalue weighted by Crippen LogP contribution is 2.30. The molecule has 7 nitrogen and oxygen atoms in total. The van der Waals surface area contributed by atoms with Crippen LogP contribution in [0, 0.1) is 0 Å². The lowest BCUT2D eigenvalue weighted by Gasteiger charge is -2.17. The summed E-state index contributed by atoms with van der Waals surface area (Å²) in [6.45, 7) is 2.25. The van der Waals surface area contributed by atoms with Crippen LogP contribution in [-0.2, 0) is 16.0 Å². The number of nitrogens with zero attached hydrogens (tertiary/aromatic N) is 1. The predicted octanol–water partition coefficient (Wildman–Crippen LogP) is 1.81. The molecule has 0 amide bonds. The van der Waals surface area contributed by atoms with Crippen molar-refractivity contribution in [2.75, 3.05) is 31.2 Å². The third-order valence-corrected chi connectivity index (χ3v) is 5.77. The molecule has 1 aromatic rings. The van der Waals surface area contributed by atoms with E-state index in [-0.39, 0.29) is 60.4 Å². The normalized spacial score (nSPS) is 19.9. The van der Waals surface area contributed by atoms with Gasteiger partial charge in [0.1, 0.15) is 18.5 Å². The number of aliphatic hydroxyl groups excluding tert-OH is 1. The van der Waals surface area contributed by atoms with Crippen molar-refractivity contribution in [3.8, 4) is 5.75 Å². The highest BCUT2D eigenvalue weighted by Gasteiger charge is 2.30. The number of sulfone groups is 1. The molecular formula is C17H25F3IN3O4S. The van der Waals surface area contributed by atoms with Gasteiger partial charge in [0, 0.05) is 12.6 Å². The Labute approximate surface area is 185 Å². The Morgan fingerprint density at radius 3 is 2.52 bits per heavy atom. The van der Waals surface area contributed by atoms with Crippen molar-refractivity contribution in [3.63, 3.8) is 0 Å². The van der Waals surface area contributed by atoms with E-state index in [9.17, 15) is 26.7 Å². The van der Waals surface area contributed by atoms with Crippen LogP contribution in [0.15, 0.2) is 29.3 Å². The Balaban J connectivity index is 0.00000420. The number of aliphatic hydroxyl groups is 1. The van der Waals surface area contributed by atoms with Crippen molar-refractivity contribution in [1.82, 2.24) is 10.6 Å². The first kappa shape index (κ1) is 25.8. The van der Waals surface area contributed by atoms with Crippen LogP contribution in [0.5, 0.6) is 5.75 Å². The van der Waals surface area contributed by atoms with Gasteiger partial charge < -0.3 is 20.5 Å². The molecule has 0 spiro atoms. The maximum Gasteiger partial charge on any atom is 0.416 e. The molecule has 1 aliphatic rings. The third-order valence-electron chi connectivity index (χ3n) is 4.00. The minimum Gasteiger partial charge on any atom is -0.491 e. The second kappa shape index (κ2) is 11.2. The second-order valence-electron chi connectivity index (χ2n) is 6.45. The third kappa shape index (κ3) is 8.95. The van der Waals surface area contributed by atoms with E-state index in [0.29, 0.717) is 18.9 Å². The molecular weight excluding hydrogens is 526 g/mol. The van der Waals surface area contributed by atoms with Gasteiger partial charge in [-0.25, -0.2) is 8.42 Å². The first-order chi connectivity index (χ1) is 13.1. The van der Waals surface area contributed by atoms with Gasteiger partial charge in [-0.05, 0) is 37.6 Å². The number of halogens is 4. The molecule has 0 aliphatic carbocycles. The van der Waals surface area contributed by atoms with Crippen LogP contribution in [0.25, 0.3) is 0 Å². The number of aliphatic imine (C=N–C) groups is 1. The topological polar surface area (TPSA) is 100 Å². The van der Waals surface area contributed by atoms with E-state index in [1.165, 1.54) is 12.1 Å². The molecule has 0 aromatic heterocycles. The van der Waals surface area contributed by atoms with E-state index < -0.39 is 27.7 Å². The van der Waals surface area contributed by atoms with E-state index >= 15 is 0 Å². The highest BCUT2D eigenvalue weighted by atomic mass is 127. The molecule has 2 unspecified atom stereocenters. The summed E-state index contributed by atoms with van der Waals surface area (Å²) in [6.07, 6.45) is -4.90. The lowest BCUT2D eigenvalue weighted by molar-refractivity contribution is -0.137. The van der Waals surface area contributed by atoms with Gasteiger partial charge in [-0.1, -0.05) is 0 Å². The highest BCUT2D eigenvalue weighted by molar-refractivity contribution is 14.0. The smallest absolute Gasteiger partial charge is 0.416 e. The maximum absolute atomic E-state index is 12.5. The molecule has 1 heterocycles. The molecule has 2 rings (SSSR count). The number of guanidine groups is 1. The van der Waals surface area contributed by atoms with Gasteiger partial charge in [-0.2, -0.15) is 13.2 Å². The van der Waals surface area contributed by atoms with Crippen LogP contribution < -0.4 is 15.4 Å². The number of ether oxygens (including phenoxy) is 1. The zero-order valence-electron chi connectivity index (χ0n) is 15.8. The molecule has 1 saturated heterocycles. The number of alkyl halides is 3. The van der Waals surface area contributed by atoms with Gasteiger partial charge in [-0.3, -0.25) is 4.99 Å². The Morgan fingerprint density at radius 1 is 1.34 bits per heavy atom. The summed E-state index contributed by atoms with van der Waals surface area (Å²) in [6, 6.07) is 3.95. The van der Waals surface area contributed by atoms with Gasteiger partial charge in [0.05, 0.1) is 23.6 Å². The first-order valence-corrected chi connectivity index (χ1v) is 10.6. The molecule has 1 aliphatic heterocycles. The van der Waals surface area contributed by atoms with Crippen molar-refractivity contribution in [2.24, 2.45) is 4.99 Å². The SMILES string of the molecule is CCNC(=NCC(O)COc1ccc(C(F)(F)F)cc1)NC1CCS(=O)(=O)C1.I. The zero-order valence-corrected chi connectivity index (χ0v) is 18.9. The molecule has 0 radical (unpaired) electrons. The van der Waals surface area contributed by atoms with Crippen LogP contribution in [-0.4, -0.2) is 62.8 Å². The van der Waals surface area contributed by atoms with Gasteiger partial charge in [0.15, 0.2) is 15.8 Å². The van der Waals surface area contributed by atoms with Crippen molar-refractivity contribution < 1.29 is 31.4 Å². The number of hydrogen-bond donors (Lipinski definition) is 3. The molecule has 1 fully saturated rings. The summed E-state index contributed by atoms with van der Waals surface area (Å²) < 4.78 is 65.9. The summed E-state index contributed by atoms with van der Waals surface area (Å²) in [5.41, 5.74) is -0.778. The van der Waals surface area contributed by atoms with Crippen molar-refractivity contribution >= 4 is 39.8 Å². The molecule has 3 N–H and O–H groups in total. The number of hydrogen-bond acceptors (Lipinski definition) is 5. The Hall–Kier alpha value is -1.28. The summed E-state index contributed by atoms with van der Waals surface area (Å²) >= 11 is 0. The van der Waals surface area contributed by atoms with Crippen molar-refractivity contribution in [1.29, 1.82) is 0 Å². The minimum absolute atomic E-state index is 0. The largest absolute Gasteiger partial charge is 0.491 e. The summed E-state index contributed by atoms with van der Waals surface area (Å²) in [7, 11) is -3.02.